The number of sulfonamides is 1. The smallest absolute Gasteiger partial charge is 0.208 e. The van der Waals surface area contributed by atoms with E-state index >= 15 is 0 Å². The molecule has 3 nitrogen and oxygen atoms in total. The zero-order valence-corrected chi connectivity index (χ0v) is 10.6. The third kappa shape index (κ3) is 3.61. The molecule has 0 radical (unpaired) electrons. The van der Waals surface area contributed by atoms with Crippen molar-refractivity contribution in [2.45, 2.75) is 44.0 Å². The van der Waals surface area contributed by atoms with Crippen LogP contribution in [0.5, 0.6) is 0 Å². The molecule has 1 atom stereocenters. The van der Waals surface area contributed by atoms with Crippen LogP contribution < -0.4 is 4.72 Å². The van der Waals surface area contributed by atoms with Crippen LogP contribution >= 0.6 is 0 Å². The summed E-state index contributed by atoms with van der Waals surface area (Å²) in [5.41, 5.74) is 0. The van der Waals surface area contributed by atoms with E-state index in [2.05, 4.69) is 11.6 Å². The van der Waals surface area contributed by atoms with Crippen molar-refractivity contribution in [3.63, 3.8) is 0 Å². The lowest BCUT2D eigenvalue weighted by Gasteiger charge is -2.16. The first-order chi connectivity index (χ1) is 7.60. The molecule has 0 aliphatic carbocycles. The van der Waals surface area contributed by atoms with E-state index < -0.39 is 10.0 Å². The highest BCUT2D eigenvalue weighted by molar-refractivity contribution is 7.89. The molecule has 16 heavy (non-hydrogen) atoms. The summed E-state index contributed by atoms with van der Waals surface area (Å²) in [6.07, 6.45) is 2.68. The molecule has 0 spiro atoms. The van der Waals surface area contributed by atoms with Gasteiger partial charge in [0.05, 0.1) is 4.90 Å². The summed E-state index contributed by atoms with van der Waals surface area (Å²) in [5, 5.41) is 0. The van der Waals surface area contributed by atoms with Crippen LogP contribution in [0.15, 0.2) is 35.2 Å². The Hall–Kier alpha value is -0.870. The quantitative estimate of drug-likeness (QED) is 0.832. The summed E-state index contributed by atoms with van der Waals surface area (Å²) in [6, 6.07) is 8.53. The van der Waals surface area contributed by atoms with Crippen LogP contribution in [0.1, 0.15) is 33.1 Å². The van der Waals surface area contributed by atoms with Crippen molar-refractivity contribution >= 4 is 10.0 Å². The van der Waals surface area contributed by atoms with Gasteiger partial charge in [-0.1, -0.05) is 38.5 Å². The van der Waals surface area contributed by atoms with Crippen LogP contribution in [0.3, 0.4) is 0 Å². The minimum atomic E-state index is -3.34. The zero-order valence-electron chi connectivity index (χ0n) is 9.81. The van der Waals surface area contributed by atoms with Crippen LogP contribution in [0.25, 0.3) is 0 Å². The molecule has 0 aromatic heterocycles. The average Bonchev–Trinajstić information content (AvgIpc) is 2.29. The van der Waals surface area contributed by atoms with Gasteiger partial charge in [0.15, 0.2) is 0 Å². The molecule has 0 aliphatic heterocycles. The molecule has 4 heteroatoms. The van der Waals surface area contributed by atoms with E-state index in [9.17, 15) is 8.42 Å². The van der Waals surface area contributed by atoms with Crippen LogP contribution in [-0.2, 0) is 10.0 Å². The van der Waals surface area contributed by atoms with E-state index in [1.54, 1.807) is 24.3 Å². The molecular weight excluding hydrogens is 222 g/mol. The Morgan fingerprint density at radius 2 is 1.81 bits per heavy atom. The van der Waals surface area contributed by atoms with Crippen molar-refractivity contribution in [3.8, 4) is 0 Å². The van der Waals surface area contributed by atoms with Crippen LogP contribution in [-0.4, -0.2) is 14.5 Å². The summed E-state index contributed by atoms with van der Waals surface area (Å²) in [5.74, 6) is 0. The number of rotatable bonds is 6. The maximum absolute atomic E-state index is 12.0. The molecular formula is C12H19NO2S. The van der Waals surface area contributed by atoms with Crippen molar-refractivity contribution < 1.29 is 8.42 Å². The van der Waals surface area contributed by atoms with Crippen molar-refractivity contribution in [2.75, 3.05) is 0 Å². The van der Waals surface area contributed by atoms with Crippen molar-refractivity contribution in [1.82, 2.24) is 4.72 Å². The molecule has 90 valence electrons. The SMILES string of the molecule is CCCC(CC)NS(=O)(=O)c1ccccc1. The predicted molar refractivity (Wildman–Crippen MR) is 65.8 cm³/mol. The highest BCUT2D eigenvalue weighted by Crippen LogP contribution is 2.10. The first kappa shape index (κ1) is 13.2. The van der Waals surface area contributed by atoms with Gasteiger partial charge in [-0.25, -0.2) is 13.1 Å². The van der Waals surface area contributed by atoms with Gasteiger partial charge in [-0.3, -0.25) is 0 Å². The summed E-state index contributed by atoms with van der Waals surface area (Å²) in [4.78, 5) is 0.338. The van der Waals surface area contributed by atoms with Gasteiger partial charge in [-0.05, 0) is 25.0 Å². The number of hydrogen-bond acceptors (Lipinski definition) is 2. The molecule has 0 saturated carbocycles. The molecule has 0 bridgehead atoms. The normalized spacial score (nSPS) is 13.6. The standard InChI is InChI=1S/C12H19NO2S/c1-3-8-11(4-2)13-16(14,15)12-9-6-5-7-10-12/h5-7,9-11,13H,3-4,8H2,1-2H3. The highest BCUT2D eigenvalue weighted by atomic mass is 32.2. The minimum absolute atomic E-state index is 0.0372. The van der Waals surface area contributed by atoms with Crippen LogP contribution in [0.2, 0.25) is 0 Å². The van der Waals surface area contributed by atoms with Gasteiger partial charge in [-0.15, -0.1) is 0 Å². The van der Waals surface area contributed by atoms with E-state index in [4.69, 9.17) is 0 Å². The third-order valence-corrected chi connectivity index (χ3v) is 4.04. The Balaban J connectivity index is 2.79. The van der Waals surface area contributed by atoms with E-state index in [0.717, 1.165) is 19.3 Å². The first-order valence-electron chi connectivity index (χ1n) is 5.67. The molecule has 0 fully saturated rings. The summed E-state index contributed by atoms with van der Waals surface area (Å²) in [6.45, 7) is 4.05. The molecule has 0 saturated heterocycles. The zero-order chi connectivity index (χ0) is 12.0. The Labute approximate surface area is 97.9 Å². The number of hydrogen-bond donors (Lipinski definition) is 1. The number of nitrogens with one attached hydrogen (secondary N) is 1. The molecule has 1 aromatic rings. The second-order valence-electron chi connectivity index (χ2n) is 3.83. The fraction of sp³-hybridized carbons (Fsp3) is 0.500. The fourth-order valence-electron chi connectivity index (χ4n) is 1.58. The molecule has 0 amide bonds. The van der Waals surface area contributed by atoms with Gasteiger partial charge in [-0.2, -0.15) is 0 Å². The van der Waals surface area contributed by atoms with E-state index in [1.165, 1.54) is 0 Å². The first-order valence-corrected chi connectivity index (χ1v) is 7.15. The average molecular weight is 241 g/mol. The second-order valence-corrected chi connectivity index (χ2v) is 5.54. The van der Waals surface area contributed by atoms with Gasteiger partial charge in [0, 0.05) is 6.04 Å². The summed E-state index contributed by atoms with van der Waals surface area (Å²) < 4.78 is 26.7. The summed E-state index contributed by atoms with van der Waals surface area (Å²) >= 11 is 0. The Kier molecular flexibility index (Phi) is 4.96. The monoisotopic (exact) mass is 241 g/mol. The second kappa shape index (κ2) is 6.01. The van der Waals surface area contributed by atoms with Crippen molar-refractivity contribution in [1.29, 1.82) is 0 Å². The highest BCUT2D eigenvalue weighted by Gasteiger charge is 2.17. The number of benzene rings is 1. The van der Waals surface area contributed by atoms with Gasteiger partial charge in [0.25, 0.3) is 0 Å². The molecule has 0 heterocycles. The largest absolute Gasteiger partial charge is 0.240 e. The van der Waals surface area contributed by atoms with E-state index in [1.807, 2.05) is 13.0 Å². The van der Waals surface area contributed by atoms with Crippen molar-refractivity contribution in [3.05, 3.63) is 30.3 Å². The lowest BCUT2D eigenvalue weighted by molar-refractivity contribution is 0.512. The topological polar surface area (TPSA) is 46.2 Å². The maximum atomic E-state index is 12.0. The molecule has 0 aliphatic rings. The van der Waals surface area contributed by atoms with Crippen molar-refractivity contribution in [2.24, 2.45) is 0 Å². The maximum Gasteiger partial charge on any atom is 0.240 e. The predicted octanol–water partition coefficient (Wildman–Crippen LogP) is 2.54. The van der Waals surface area contributed by atoms with Gasteiger partial charge >= 0.3 is 0 Å². The van der Waals surface area contributed by atoms with Crippen LogP contribution in [0.4, 0.5) is 0 Å². The summed E-state index contributed by atoms with van der Waals surface area (Å²) in [7, 11) is -3.34. The molecule has 1 N–H and O–H groups in total. The third-order valence-electron chi connectivity index (χ3n) is 2.51. The Morgan fingerprint density at radius 3 is 2.31 bits per heavy atom. The van der Waals surface area contributed by atoms with Gasteiger partial charge in [0.2, 0.25) is 10.0 Å². The Morgan fingerprint density at radius 1 is 1.19 bits per heavy atom. The van der Waals surface area contributed by atoms with E-state index in [-0.39, 0.29) is 6.04 Å². The van der Waals surface area contributed by atoms with Crippen LogP contribution in [0, 0.1) is 0 Å². The Bertz CT molecular complexity index is 400. The lowest BCUT2D eigenvalue weighted by atomic mass is 10.1. The fourth-order valence-corrected chi connectivity index (χ4v) is 2.96. The van der Waals surface area contributed by atoms with E-state index in [0.29, 0.717) is 4.90 Å². The minimum Gasteiger partial charge on any atom is -0.208 e. The molecule has 1 aromatic carbocycles. The molecule has 1 unspecified atom stereocenters. The lowest BCUT2D eigenvalue weighted by Crippen LogP contribution is -2.34. The molecule has 1 rings (SSSR count). The van der Waals surface area contributed by atoms with Gasteiger partial charge in [0.1, 0.15) is 0 Å². The van der Waals surface area contributed by atoms with Gasteiger partial charge < -0.3 is 0 Å².